The summed E-state index contributed by atoms with van der Waals surface area (Å²) in [4.78, 5) is 18.1. The molecule has 5 nitrogen and oxygen atoms in total. The molecule has 1 aliphatic rings. The standard InChI is InChI=1S/C16H21N3O2S/c1-4-12-18-13(21-19-12)7-8-17-14(20)16(10-15(16,2)3)11-6-5-9-22-11/h5-6,9H,4,7-8,10H2,1-3H3,(H,17,20)/t16-/m1/s1. The number of hydrogen-bond donors (Lipinski definition) is 1. The third-order valence-electron chi connectivity index (χ3n) is 4.52. The molecular weight excluding hydrogens is 298 g/mol. The summed E-state index contributed by atoms with van der Waals surface area (Å²) in [6, 6.07) is 4.07. The Bertz CT molecular complexity index is 663. The van der Waals surface area contributed by atoms with E-state index in [-0.39, 0.29) is 16.7 Å². The molecule has 1 aliphatic carbocycles. The summed E-state index contributed by atoms with van der Waals surface area (Å²) in [5.74, 6) is 1.40. The number of aromatic nitrogens is 2. The molecule has 22 heavy (non-hydrogen) atoms. The Morgan fingerprint density at radius 2 is 2.27 bits per heavy atom. The van der Waals surface area contributed by atoms with Gasteiger partial charge in [0.25, 0.3) is 0 Å². The van der Waals surface area contributed by atoms with Crippen LogP contribution < -0.4 is 5.32 Å². The Labute approximate surface area is 134 Å². The summed E-state index contributed by atoms with van der Waals surface area (Å²) in [6.07, 6.45) is 2.22. The molecule has 0 spiro atoms. The van der Waals surface area contributed by atoms with Crippen LogP contribution in [0, 0.1) is 5.41 Å². The van der Waals surface area contributed by atoms with Crippen LogP contribution in [0.3, 0.4) is 0 Å². The number of thiophene rings is 1. The van der Waals surface area contributed by atoms with Gasteiger partial charge in [0.05, 0.1) is 5.41 Å². The van der Waals surface area contributed by atoms with Gasteiger partial charge in [-0.25, -0.2) is 0 Å². The second-order valence-electron chi connectivity index (χ2n) is 6.41. The van der Waals surface area contributed by atoms with E-state index in [9.17, 15) is 4.79 Å². The smallest absolute Gasteiger partial charge is 0.232 e. The Morgan fingerprint density at radius 1 is 1.50 bits per heavy atom. The fourth-order valence-electron chi connectivity index (χ4n) is 3.03. The number of nitrogens with zero attached hydrogens (tertiary/aromatic N) is 2. The van der Waals surface area contributed by atoms with Gasteiger partial charge in [0.1, 0.15) is 0 Å². The summed E-state index contributed by atoms with van der Waals surface area (Å²) in [7, 11) is 0. The molecule has 3 rings (SSSR count). The van der Waals surface area contributed by atoms with Gasteiger partial charge in [-0.2, -0.15) is 4.98 Å². The minimum Gasteiger partial charge on any atom is -0.355 e. The lowest BCUT2D eigenvalue weighted by Crippen LogP contribution is -2.38. The molecule has 1 N–H and O–H groups in total. The topological polar surface area (TPSA) is 68.0 Å². The van der Waals surface area contributed by atoms with Gasteiger partial charge < -0.3 is 9.84 Å². The molecule has 0 aromatic carbocycles. The van der Waals surface area contributed by atoms with E-state index in [1.54, 1.807) is 11.3 Å². The van der Waals surface area contributed by atoms with Gasteiger partial charge in [0.15, 0.2) is 5.82 Å². The van der Waals surface area contributed by atoms with Crippen molar-refractivity contribution in [1.82, 2.24) is 15.5 Å². The van der Waals surface area contributed by atoms with Crippen LogP contribution in [0.25, 0.3) is 0 Å². The van der Waals surface area contributed by atoms with Crippen molar-refractivity contribution in [3.63, 3.8) is 0 Å². The fourth-order valence-corrected chi connectivity index (χ4v) is 4.13. The van der Waals surface area contributed by atoms with E-state index in [1.165, 1.54) is 0 Å². The number of amides is 1. The molecule has 1 saturated carbocycles. The van der Waals surface area contributed by atoms with Crippen LogP contribution in [-0.4, -0.2) is 22.6 Å². The Morgan fingerprint density at radius 3 is 2.82 bits per heavy atom. The number of aryl methyl sites for hydroxylation is 1. The van der Waals surface area contributed by atoms with Crippen LogP contribution in [0.15, 0.2) is 22.0 Å². The molecule has 118 valence electrons. The van der Waals surface area contributed by atoms with Crippen LogP contribution in [0.2, 0.25) is 0 Å². The minimum absolute atomic E-state index is 0.0157. The predicted molar refractivity (Wildman–Crippen MR) is 84.8 cm³/mol. The van der Waals surface area contributed by atoms with E-state index in [1.807, 2.05) is 18.4 Å². The maximum Gasteiger partial charge on any atom is 0.232 e. The van der Waals surface area contributed by atoms with Crippen molar-refractivity contribution in [3.8, 4) is 0 Å². The van der Waals surface area contributed by atoms with Gasteiger partial charge in [-0.05, 0) is 23.3 Å². The number of carbonyl (C=O) groups excluding carboxylic acids is 1. The van der Waals surface area contributed by atoms with E-state index in [2.05, 4.69) is 35.4 Å². The van der Waals surface area contributed by atoms with Crippen LogP contribution in [0.4, 0.5) is 0 Å². The number of rotatable bonds is 6. The second kappa shape index (κ2) is 5.50. The lowest BCUT2D eigenvalue weighted by Gasteiger charge is -2.18. The van der Waals surface area contributed by atoms with Crippen molar-refractivity contribution in [2.75, 3.05) is 6.54 Å². The van der Waals surface area contributed by atoms with Crippen molar-refractivity contribution in [2.24, 2.45) is 5.41 Å². The highest BCUT2D eigenvalue weighted by Gasteiger charge is 2.67. The van der Waals surface area contributed by atoms with E-state index in [4.69, 9.17) is 4.52 Å². The average Bonchev–Trinajstić information content (AvgIpc) is 2.95. The van der Waals surface area contributed by atoms with Gasteiger partial charge in [-0.1, -0.05) is 32.0 Å². The first-order valence-electron chi connectivity index (χ1n) is 7.63. The lowest BCUT2D eigenvalue weighted by molar-refractivity contribution is -0.124. The fraction of sp³-hybridized carbons (Fsp3) is 0.562. The van der Waals surface area contributed by atoms with Crippen LogP contribution >= 0.6 is 11.3 Å². The van der Waals surface area contributed by atoms with Crippen molar-refractivity contribution >= 4 is 17.2 Å². The molecule has 2 aromatic rings. The molecule has 0 unspecified atom stereocenters. The summed E-state index contributed by atoms with van der Waals surface area (Å²) < 4.78 is 5.14. The zero-order valence-electron chi connectivity index (χ0n) is 13.2. The maximum atomic E-state index is 12.7. The first-order chi connectivity index (χ1) is 10.5. The molecule has 1 fully saturated rings. The average molecular weight is 319 g/mol. The second-order valence-corrected chi connectivity index (χ2v) is 7.35. The quantitative estimate of drug-likeness (QED) is 0.889. The van der Waals surface area contributed by atoms with Gasteiger partial charge in [0, 0.05) is 24.3 Å². The first-order valence-corrected chi connectivity index (χ1v) is 8.51. The molecule has 1 atom stereocenters. The third kappa shape index (κ3) is 2.45. The van der Waals surface area contributed by atoms with Gasteiger partial charge in [-0.3, -0.25) is 4.79 Å². The largest absolute Gasteiger partial charge is 0.355 e. The highest BCUT2D eigenvalue weighted by atomic mass is 32.1. The van der Waals surface area contributed by atoms with Crippen LogP contribution in [0.1, 0.15) is 43.8 Å². The zero-order valence-corrected chi connectivity index (χ0v) is 14.0. The monoisotopic (exact) mass is 319 g/mol. The normalized spacial score (nSPS) is 22.5. The van der Waals surface area contributed by atoms with Crippen molar-refractivity contribution in [3.05, 3.63) is 34.1 Å². The molecule has 0 radical (unpaired) electrons. The van der Waals surface area contributed by atoms with Crippen molar-refractivity contribution < 1.29 is 9.32 Å². The summed E-state index contributed by atoms with van der Waals surface area (Å²) in [5, 5.41) is 8.94. The van der Waals surface area contributed by atoms with Crippen LogP contribution in [-0.2, 0) is 23.1 Å². The van der Waals surface area contributed by atoms with E-state index >= 15 is 0 Å². The Hall–Kier alpha value is -1.69. The molecule has 2 heterocycles. The third-order valence-corrected chi connectivity index (χ3v) is 5.55. The maximum absolute atomic E-state index is 12.7. The number of hydrogen-bond acceptors (Lipinski definition) is 5. The number of nitrogens with one attached hydrogen (secondary N) is 1. The predicted octanol–water partition coefficient (Wildman–Crippen LogP) is 2.72. The molecular formula is C16H21N3O2S. The SMILES string of the molecule is CCc1noc(CCNC(=O)[C@]2(c3cccs3)CC2(C)C)n1. The summed E-state index contributed by atoms with van der Waals surface area (Å²) in [5.41, 5.74) is -0.355. The first kappa shape index (κ1) is 15.2. The summed E-state index contributed by atoms with van der Waals surface area (Å²) >= 11 is 1.66. The molecule has 0 bridgehead atoms. The molecule has 2 aromatic heterocycles. The summed E-state index contributed by atoms with van der Waals surface area (Å²) in [6.45, 7) is 6.80. The Balaban J connectivity index is 1.62. The highest BCUT2D eigenvalue weighted by molar-refractivity contribution is 7.10. The van der Waals surface area contributed by atoms with Crippen molar-refractivity contribution in [1.29, 1.82) is 0 Å². The van der Waals surface area contributed by atoms with Crippen molar-refractivity contribution in [2.45, 2.75) is 45.4 Å². The van der Waals surface area contributed by atoms with Gasteiger partial charge in [0.2, 0.25) is 11.8 Å². The molecule has 1 amide bonds. The number of carbonyl (C=O) groups is 1. The van der Waals surface area contributed by atoms with E-state index in [0.717, 1.165) is 17.7 Å². The highest BCUT2D eigenvalue weighted by Crippen LogP contribution is 2.65. The van der Waals surface area contributed by atoms with E-state index < -0.39 is 0 Å². The molecule has 6 heteroatoms. The van der Waals surface area contributed by atoms with Crippen LogP contribution in [0.5, 0.6) is 0 Å². The lowest BCUT2D eigenvalue weighted by atomic mass is 9.93. The molecule has 0 saturated heterocycles. The van der Waals surface area contributed by atoms with E-state index in [0.29, 0.717) is 24.7 Å². The zero-order chi connectivity index (χ0) is 15.8. The minimum atomic E-state index is -0.370. The molecule has 0 aliphatic heterocycles. The Kier molecular flexibility index (Phi) is 3.80. The van der Waals surface area contributed by atoms with Gasteiger partial charge >= 0.3 is 0 Å². The van der Waals surface area contributed by atoms with Gasteiger partial charge in [-0.15, -0.1) is 11.3 Å².